The van der Waals surface area contributed by atoms with Gasteiger partial charge in [-0.1, -0.05) is 12.6 Å². The molecule has 0 aliphatic heterocycles. The number of aromatic nitrogens is 4. The molecule has 0 fully saturated rings. The van der Waals surface area contributed by atoms with Crippen molar-refractivity contribution in [3.8, 4) is 17.0 Å². The molecule has 2 aromatic carbocycles. The highest BCUT2D eigenvalue weighted by Crippen LogP contribution is 2.38. The molecular formula is C28H34N8O2. The molecule has 0 spiro atoms. The highest BCUT2D eigenvalue weighted by atomic mass is 16.5. The largest absolute Gasteiger partial charge is 0.494 e. The lowest BCUT2D eigenvalue weighted by Crippen LogP contribution is -2.29. The van der Waals surface area contributed by atoms with E-state index in [0.717, 1.165) is 47.5 Å². The van der Waals surface area contributed by atoms with E-state index in [2.05, 4.69) is 61.1 Å². The Bertz CT molecular complexity index is 1450. The number of fused-ring (bicyclic) bond motifs is 1. The molecular weight excluding hydrogens is 480 g/mol. The zero-order valence-electron chi connectivity index (χ0n) is 22.5. The van der Waals surface area contributed by atoms with E-state index in [1.165, 1.54) is 12.4 Å². The summed E-state index contributed by atoms with van der Waals surface area (Å²) in [7, 11) is 7.64. The monoisotopic (exact) mass is 514 g/mol. The first kappa shape index (κ1) is 26.6. The molecule has 4 aromatic rings. The number of hydrogen-bond acceptors (Lipinski definition) is 8. The number of nitrogens with one attached hydrogen (secondary N) is 2. The Morgan fingerprint density at radius 1 is 1.11 bits per heavy atom. The summed E-state index contributed by atoms with van der Waals surface area (Å²) in [5.41, 5.74) is 4.93. The zero-order valence-corrected chi connectivity index (χ0v) is 22.5. The van der Waals surface area contributed by atoms with Gasteiger partial charge in [0.2, 0.25) is 5.91 Å². The number of carbonyl (C=O) groups is 1. The number of likely N-dealkylation sites (N-methyl/N-ethyl adjacent to an activating group) is 2. The fourth-order valence-corrected chi connectivity index (χ4v) is 4.13. The van der Waals surface area contributed by atoms with E-state index in [4.69, 9.17) is 4.74 Å². The summed E-state index contributed by atoms with van der Waals surface area (Å²) < 4.78 is 7.67. The van der Waals surface area contributed by atoms with Crippen molar-refractivity contribution in [1.82, 2.24) is 24.6 Å². The number of anilines is 4. The molecule has 4 rings (SSSR count). The third-order valence-electron chi connectivity index (χ3n) is 6.22. The molecule has 0 unspecified atom stereocenters. The summed E-state index contributed by atoms with van der Waals surface area (Å²) in [4.78, 5) is 25.3. The minimum absolute atomic E-state index is 0.297. The fraction of sp³-hybridized carbons (Fsp3) is 0.286. The van der Waals surface area contributed by atoms with Crippen LogP contribution in [0.15, 0.2) is 61.6 Å². The number of rotatable bonds is 11. The van der Waals surface area contributed by atoms with Crippen molar-refractivity contribution in [2.75, 3.05) is 56.9 Å². The predicted octanol–water partition coefficient (Wildman–Crippen LogP) is 4.39. The van der Waals surface area contributed by atoms with Crippen LogP contribution >= 0.6 is 0 Å². The quantitative estimate of drug-likeness (QED) is 0.284. The predicted molar refractivity (Wildman–Crippen MR) is 153 cm³/mol. The lowest BCUT2D eigenvalue weighted by Gasteiger charge is -2.26. The van der Waals surface area contributed by atoms with Crippen LogP contribution in [0.25, 0.3) is 22.2 Å². The van der Waals surface area contributed by atoms with Crippen molar-refractivity contribution < 1.29 is 9.53 Å². The molecule has 0 saturated carbocycles. The Hall–Kier alpha value is -4.44. The Kier molecular flexibility index (Phi) is 8.22. The molecule has 2 heterocycles. The lowest BCUT2D eigenvalue weighted by molar-refractivity contribution is -0.111. The fourth-order valence-electron chi connectivity index (χ4n) is 4.13. The minimum Gasteiger partial charge on any atom is -0.494 e. The SMILES string of the molecule is C=CC(=O)Nc1cc(Nc2cc(-c3ccc4c(cnn4CC)c3)ncn2)c(OC)cc1N(C)CCN(C)C. The van der Waals surface area contributed by atoms with E-state index in [9.17, 15) is 4.79 Å². The number of methoxy groups -OCH3 is 1. The molecule has 2 N–H and O–H groups in total. The van der Waals surface area contributed by atoms with E-state index in [0.29, 0.717) is 22.9 Å². The summed E-state index contributed by atoms with van der Waals surface area (Å²) >= 11 is 0. The van der Waals surface area contributed by atoms with Crippen molar-refractivity contribution >= 4 is 39.7 Å². The molecule has 0 atom stereocenters. The standard InChI is InChI=1S/C28H34N8O2/c1-7-28(37)33-22-14-23(26(38-6)16-25(22)35(5)12-11-34(3)4)32-27-15-21(29-18-30-27)19-9-10-24-20(13-19)17-31-36(24)8-2/h7,9-10,13-18H,1,8,11-12H2,2-6H3,(H,33,37)(H,29,30,32). The van der Waals surface area contributed by atoms with Gasteiger partial charge in [-0.3, -0.25) is 9.48 Å². The number of benzene rings is 2. The van der Waals surface area contributed by atoms with E-state index >= 15 is 0 Å². The van der Waals surface area contributed by atoms with E-state index in [1.807, 2.05) is 56.3 Å². The van der Waals surface area contributed by atoms with Crippen LogP contribution in [0.4, 0.5) is 22.9 Å². The number of nitrogens with zero attached hydrogens (tertiary/aromatic N) is 6. The Balaban J connectivity index is 1.67. The van der Waals surface area contributed by atoms with Gasteiger partial charge in [0.05, 0.1) is 41.6 Å². The van der Waals surface area contributed by atoms with Gasteiger partial charge in [0.25, 0.3) is 0 Å². The summed E-state index contributed by atoms with van der Waals surface area (Å²) in [5.74, 6) is 0.906. The summed E-state index contributed by atoms with van der Waals surface area (Å²) in [5, 5.41) is 11.7. The van der Waals surface area contributed by atoms with Crippen LogP contribution in [-0.4, -0.2) is 71.9 Å². The van der Waals surface area contributed by atoms with Crippen LogP contribution in [0.5, 0.6) is 5.75 Å². The number of ether oxygens (including phenoxy) is 1. The van der Waals surface area contributed by atoms with Crippen LogP contribution in [0.3, 0.4) is 0 Å². The van der Waals surface area contributed by atoms with Gasteiger partial charge in [0, 0.05) is 49.8 Å². The molecule has 0 saturated heterocycles. The number of aryl methyl sites for hydroxylation is 1. The third-order valence-corrected chi connectivity index (χ3v) is 6.22. The van der Waals surface area contributed by atoms with Crippen LogP contribution in [0, 0.1) is 0 Å². The van der Waals surface area contributed by atoms with Crippen LogP contribution < -0.4 is 20.3 Å². The van der Waals surface area contributed by atoms with Gasteiger partial charge in [0.1, 0.15) is 17.9 Å². The maximum absolute atomic E-state index is 12.2. The van der Waals surface area contributed by atoms with Crippen molar-refractivity contribution in [1.29, 1.82) is 0 Å². The number of hydrogen-bond donors (Lipinski definition) is 2. The second kappa shape index (κ2) is 11.7. The first-order valence-electron chi connectivity index (χ1n) is 12.4. The molecule has 38 heavy (non-hydrogen) atoms. The third kappa shape index (κ3) is 5.92. The number of carbonyl (C=O) groups excluding carboxylic acids is 1. The summed E-state index contributed by atoms with van der Waals surface area (Å²) in [6.45, 7) is 8.07. The molecule has 0 aliphatic carbocycles. The van der Waals surface area contributed by atoms with Gasteiger partial charge < -0.3 is 25.2 Å². The maximum Gasteiger partial charge on any atom is 0.247 e. The molecule has 198 valence electrons. The average molecular weight is 515 g/mol. The topological polar surface area (TPSA) is 100 Å². The zero-order chi connectivity index (χ0) is 27.2. The highest BCUT2D eigenvalue weighted by Gasteiger charge is 2.16. The summed E-state index contributed by atoms with van der Waals surface area (Å²) in [6, 6.07) is 11.8. The van der Waals surface area contributed by atoms with Gasteiger partial charge in [-0.05, 0) is 45.3 Å². The van der Waals surface area contributed by atoms with Crippen molar-refractivity contribution in [2.24, 2.45) is 0 Å². The molecule has 2 aromatic heterocycles. The van der Waals surface area contributed by atoms with Gasteiger partial charge in [-0.15, -0.1) is 0 Å². The second-order valence-corrected chi connectivity index (χ2v) is 9.14. The number of amides is 1. The van der Waals surface area contributed by atoms with E-state index in [-0.39, 0.29) is 5.91 Å². The Labute approximate surface area is 222 Å². The smallest absolute Gasteiger partial charge is 0.247 e. The van der Waals surface area contributed by atoms with Gasteiger partial charge in [0.15, 0.2) is 0 Å². The first-order valence-corrected chi connectivity index (χ1v) is 12.4. The Morgan fingerprint density at radius 2 is 1.92 bits per heavy atom. The normalized spacial score (nSPS) is 11.0. The van der Waals surface area contributed by atoms with Crippen molar-refractivity contribution in [2.45, 2.75) is 13.5 Å². The van der Waals surface area contributed by atoms with Crippen molar-refractivity contribution in [3.05, 3.63) is 61.6 Å². The molecule has 1 amide bonds. The highest BCUT2D eigenvalue weighted by molar-refractivity contribution is 6.02. The Morgan fingerprint density at radius 3 is 2.63 bits per heavy atom. The average Bonchev–Trinajstić information content (AvgIpc) is 3.34. The summed E-state index contributed by atoms with van der Waals surface area (Å²) in [6.07, 6.45) is 4.63. The molecule has 10 heteroatoms. The van der Waals surface area contributed by atoms with E-state index in [1.54, 1.807) is 7.11 Å². The van der Waals surface area contributed by atoms with Gasteiger partial charge in [-0.2, -0.15) is 5.10 Å². The molecule has 10 nitrogen and oxygen atoms in total. The maximum atomic E-state index is 12.2. The first-order chi connectivity index (χ1) is 18.3. The van der Waals surface area contributed by atoms with Gasteiger partial charge >= 0.3 is 0 Å². The van der Waals surface area contributed by atoms with Crippen molar-refractivity contribution in [3.63, 3.8) is 0 Å². The van der Waals surface area contributed by atoms with Crippen LogP contribution in [-0.2, 0) is 11.3 Å². The van der Waals surface area contributed by atoms with Crippen LogP contribution in [0.2, 0.25) is 0 Å². The van der Waals surface area contributed by atoms with E-state index < -0.39 is 0 Å². The molecule has 0 bridgehead atoms. The van der Waals surface area contributed by atoms with Crippen LogP contribution in [0.1, 0.15) is 6.92 Å². The molecule has 0 aliphatic rings. The minimum atomic E-state index is -0.297. The lowest BCUT2D eigenvalue weighted by atomic mass is 10.1. The van der Waals surface area contributed by atoms with Gasteiger partial charge in [-0.25, -0.2) is 9.97 Å². The molecule has 0 radical (unpaired) electrons. The second-order valence-electron chi connectivity index (χ2n) is 9.14.